The van der Waals surface area contributed by atoms with Gasteiger partial charge >= 0.3 is 0 Å². The predicted octanol–water partition coefficient (Wildman–Crippen LogP) is 1.55. The number of hydrogen-bond acceptors (Lipinski definition) is 4. The van der Waals surface area contributed by atoms with Gasteiger partial charge in [0.25, 0.3) is 0 Å². The fourth-order valence-electron chi connectivity index (χ4n) is 2.91. The first-order valence-corrected chi connectivity index (χ1v) is 6.94. The van der Waals surface area contributed by atoms with Crippen molar-refractivity contribution in [1.29, 1.82) is 0 Å². The molecule has 0 spiro atoms. The van der Waals surface area contributed by atoms with Crippen molar-refractivity contribution in [2.24, 2.45) is 11.7 Å². The number of likely N-dealkylation sites (N-methyl/N-ethyl adjacent to an activating group) is 1. The van der Waals surface area contributed by atoms with Crippen LogP contribution >= 0.6 is 0 Å². The van der Waals surface area contributed by atoms with Crippen LogP contribution in [0, 0.1) is 5.92 Å². The average molecular weight is 263 g/mol. The topological polar surface area (TPSA) is 41.7 Å². The summed E-state index contributed by atoms with van der Waals surface area (Å²) in [5.41, 5.74) is 8.59. The Balaban J connectivity index is 2.27. The third kappa shape index (κ3) is 2.85. The van der Waals surface area contributed by atoms with Crippen molar-refractivity contribution in [3.8, 4) is 0 Å². The largest absolute Gasteiger partial charge is 0.384 e. The minimum atomic E-state index is 0.329. The van der Waals surface area contributed by atoms with Gasteiger partial charge in [-0.1, -0.05) is 19.1 Å². The molecule has 0 radical (unpaired) electrons. The Morgan fingerprint density at radius 3 is 2.58 bits per heavy atom. The molecule has 0 saturated heterocycles. The number of benzene rings is 1. The smallest absolute Gasteiger partial charge is 0.0607 e. The number of methoxy groups -OCH3 is 1. The second kappa shape index (κ2) is 6.26. The van der Waals surface area contributed by atoms with Crippen LogP contribution in [0.15, 0.2) is 24.3 Å². The van der Waals surface area contributed by atoms with Gasteiger partial charge in [-0.3, -0.25) is 0 Å². The van der Waals surface area contributed by atoms with Gasteiger partial charge < -0.3 is 20.3 Å². The van der Waals surface area contributed by atoms with Gasteiger partial charge in [-0.05, 0) is 12.1 Å². The molecule has 0 amide bonds. The molecule has 1 aliphatic heterocycles. The molecule has 0 fully saturated rings. The van der Waals surface area contributed by atoms with Crippen molar-refractivity contribution in [3.05, 3.63) is 24.3 Å². The molecule has 1 aromatic carbocycles. The molecular weight excluding hydrogens is 238 g/mol. The molecule has 0 saturated carbocycles. The lowest BCUT2D eigenvalue weighted by molar-refractivity contribution is 0.146. The van der Waals surface area contributed by atoms with Crippen LogP contribution in [0.5, 0.6) is 0 Å². The van der Waals surface area contributed by atoms with Gasteiger partial charge in [0.2, 0.25) is 0 Å². The highest BCUT2D eigenvalue weighted by atomic mass is 16.5. The summed E-state index contributed by atoms with van der Waals surface area (Å²) in [6.45, 7) is 5.66. The van der Waals surface area contributed by atoms with E-state index >= 15 is 0 Å². The molecule has 0 aromatic heterocycles. The summed E-state index contributed by atoms with van der Waals surface area (Å²) in [6.07, 6.45) is 0. The first-order chi connectivity index (χ1) is 9.19. The summed E-state index contributed by atoms with van der Waals surface area (Å²) in [5.74, 6) is 0.423. The fraction of sp³-hybridized carbons (Fsp3) is 0.600. The number of anilines is 2. The Morgan fingerprint density at radius 2 is 1.95 bits per heavy atom. The summed E-state index contributed by atoms with van der Waals surface area (Å²) >= 11 is 0. The summed E-state index contributed by atoms with van der Waals surface area (Å²) in [7, 11) is 3.90. The van der Waals surface area contributed by atoms with Crippen molar-refractivity contribution in [2.75, 3.05) is 50.2 Å². The maximum Gasteiger partial charge on any atom is 0.0607 e. The highest BCUT2D eigenvalue weighted by molar-refractivity contribution is 5.73. The van der Waals surface area contributed by atoms with Gasteiger partial charge in [0.15, 0.2) is 0 Å². The van der Waals surface area contributed by atoms with Crippen LogP contribution in [-0.2, 0) is 4.74 Å². The van der Waals surface area contributed by atoms with E-state index in [4.69, 9.17) is 10.5 Å². The quantitative estimate of drug-likeness (QED) is 0.875. The SMILES string of the molecule is COCC(C)C(CN)N1CCN(C)c2ccccc21. The zero-order chi connectivity index (χ0) is 13.8. The minimum absolute atomic E-state index is 0.329. The van der Waals surface area contributed by atoms with E-state index in [1.165, 1.54) is 11.4 Å². The summed E-state index contributed by atoms with van der Waals surface area (Å²) in [5, 5.41) is 0. The van der Waals surface area contributed by atoms with Crippen molar-refractivity contribution >= 4 is 11.4 Å². The number of ether oxygens (including phenoxy) is 1. The van der Waals surface area contributed by atoms with E-state index in [0.717, 1.165) is 19.7 Å². The Labute approximate surface area is 116 Å². The Kier molecular flexibility index (Phi) is 4.66. The zero-order valence-corrected chi connectivity index (χ0v) is 12.2. The van der Waals surface area contributed by atoms with Crippen molar-refractivity contribution in [3.63, 3.8) is 0 Å². The number of rotatable bonds is 5. The Bertz CT molecular complexity index is 410. The lowest BCUT2D eigenvalue weighted by Gasteiger charge is -2.43. The van der Waals surface area contributed by atoms with Gasteiger partial charge in [-0.15, -0.1) is 0 Å². The summed E-state index contributed by atoms with van der Waals surface area (Å²) < 4.78 is 5.29. The van der Waals surface area contributed by atoms with Gasteiger partial charge in [0, 0.05) is 45.8 Å². The van der Waals surface area contributed by atoms with Crippen LogP contribution < -0.4 is 15.5 Å². The van der Waals surface area contributed by atoms with Crippen LogP contribution in [0.25, 0.3) is 0 Å². The van der Waals surface area contributed by atoms with Crippen LogP contribution in [0.4, 0.5) is 11.4 Å². The van der Waals surface area contributed by atoms with Gasteiger partial charge in [0.1, 0.15) is 0 Å². The number of fused-ring (bicyclic) bond motifs is 1. The highest BCUT2D eigenvalue weighted by Crippen LogP contribution is 2.34. The molecule has 0 bridgehead atoms. The Morgan fingerprint density at radius 1 is 1.26 bits per heavy atom. The van der Waals surface area contributed by atoms with E-state index in [0.29, 0.717) is 18.5 Å². The van der Waals surface area contributed by atoms with E-state index in [1.54, 1.807) is 7.11 Å². The molecule has 1 heterocycles. The maximum atomic E-state index is 6.02. The van der Waals surface area contributed by atoms with E-state index in [9.17, 15) is 0 Å². The molecule has 2 unspecified atom stereocenters. The van der Waals surface area contributed by atoms with E-state index in [2.05, 4.69) is 48.0 Å². The third-order valence-electron chi connectivity index (χ3n) is 4.01. The van der Waals surface area contributed by atoms with Crippen LogP contribution in [-0.4, -0.2) is 46.4 Å². The van der Waals surface area contributed by atoms with Crippen molar-refractivity contribution in [2.45, 2.75) is 13.0 Å². The molecule has 2 N–H and O–H groups in total. The van der Waals surface area contributed by atoms with Crippen molar-refractivity contribution < 1.29 is 4.74 Å². The molecule has 2 atom stereocenters. The van der Waals surface area contributed by atoms with E-state index < -0.39 is 0 Å². The molecule has 0 aliphatic carbocycles. The zero-order valence-electron chi connectivity index (χ0n) is 12.2. The van der Waals surface area contributed by atoms with Crippen LogP contribution in [0.1, 0.15) is 6.92 Å². The van der Waals surface area contributed by atoms with Gasteiger partial charge in [-0.2, -0.15) is 0 Å². The summed E-state index contributed by atoms with van der Waals surface area (Å²) in [4.78, 5) is 4.75. The standard InChI is InChI=1S/C15H25N3O/c1-12(11-19-3)15(10-16)18-9-8-17(2)13-6-4-5-7-14(13)18/h4-7,12,15H,8-11,16H2,1-3H3. The molecule has 1 aliphatic rings. The minimum Gasteiger partial charge on any atom is -0.384 e. The van der Waals surface area contributed by atoms with Crippen molar-refractivity contribution in [1.82, 2.24) is 0 Å². The molecule has 4 nitrogen and oxygen atoms in total. The molecule has 4 heteroatoms. The molecule has 19 heavy (non-hydrogen) atoms. The summed E-state index contributed by atoms with van der Waals surface area (Å²) in [6, 6.07) is 8.88. The number of para-hydroxylation sites is 2. The second-order valence-corrected chi connectivity index (χ2v) is 5.34. The first-order valence-electron chi connectivity index (χ1n) is 6.94. The van der Waals surface area contributed by atoms with Crippen LogP contribution in [0.2, 0.25) is 0 Å². The number of nitrogens with two attached hydrogens (primary N) is 1. The predicted molar refractivity (Wildman–Crippen MR) is 80.9 cm³/mol. The monoisotopic (exact) mass is 263 g/mol. The second-order valence-electron chi connectivity index (χ2n) is 5.34. The molecular formula is C15H25N3O. The first kappa shape index (κ1) is 14.2. The molecule has 1 aromatic rings. The lowest BCUT2D eigenvalue weighted by Crippen LogP contribution is -2.51. The van der Waals surface area contributed by atoms with Crippen LogP contribution in [0.3, 0.4) is 0 Å². The third-order valence-corrected chi connectivity index (χ3v) is 4.01. The van der Waals surface area contributed by atoms with Gasteiger partial charge in [0.05, 0.1) is 18.0 Å². The fourth-order valence-corrected chi connectivity index (χ4v) is 2.91. The average Bonchev–Trinajstić information content (AvgIpc) is 2.43. The Hall–Kier alpha value is -1.26. The normalized spacial score (nSPS) is 18.1. The molecule has 2 rings (SSSR count). The molecule has 106 valence electrons. The maximum absolute atomic E-state index is 6.02. The number of nitrogens with zero attached hydrogens (tertiary/aromatic N) is 2. The lowest BCUT2D eigenvalue weighted by atomic mass is 9.99. The number of hydrogen-bond donors (Lipinski definition) is 1. The van der Waals surface area contributed by atoms with E-state index in [-0.39, 0.29) is 0 Å². The van der Waals surface area contributed by atoms with E-state index in [1.807, 2.05) is 0 Å². The van der Waals surface area contributed by atoms with Gasteiger partial charge in [-0.25, -0.2) is 0 Å². The highest BCUT2D eigenvalue weighted by Gasteiger charge is 2.28.